The van der Waals surface area contributed by atoms with E-state index in [0.29, 0.717) is 40.1 Å². The number of amides is 1. The molecule has 9 heteroatoms. The molecule has 1 amide bonds. The zero-order valence-corrected chi connectivity index (χ0v) is 24.4. The van der Waals surface area contributed by atoms with Crippen LogP contribution in [0.2, 0.25) is 0 Å². The normalized spacial score (nSPS) is 14.7. The minimum absolute atomic E-state index is 0.0786. The molecule has 0 aliphatic carbocycles. The molecule has 0 bridgehead atoms. The molecule has 2 heterocycles. The van der Waals surface area contributed by atoms with E-state index in [9.17, 15) is 22.4 Å². The van der Waals surface area contributed by atoms with Gasteiger partial charge >= 0.3 is 6.18 Å². The summed E-state index contributed by atoms with van der Waals surface area (Å²) in [7, 11) is 0. The van der Waals surface area contributed by atoms with Crippen LogP contribution in [0.15, 0.2) is 84.9 Å². The Morgan fingerprint density at radius 1 is 0.909 bits per heavy atom. The zero-order chi connectivity index (χ0) is 30.9. The second-order valence-corrected chi connectivity index (χ2v) is 10.9. The molecule has 1 fully saturated rings. The average Bonchev–Trinajstić information content (AvgIpc) is 3.41. The number of hydrogen-bond acceptors (Lipinski definition) is 3. The van der Waals surface area contributed by atoms with Crippen LogP contribution >= 0.6 is 0 Å². The van der Waals surface area contributed by atoms with Crippen LogP contribution in [-0.2, 0) is 4.79 Å². The number of aromatic nitrogens is 2. The number of halogens is 4. The van der Waals surface area contributed by atoms with Crippen LogP contribution in [-0.4, -0.2) is 46.9 Å². The van der Waals surface area contributed by atoms with Gasteiger partial charge in [-0.2, -0.15) is 22.7 Å². The number of nitrogens with one attached hydrogen (secondary N) is 1. The number of benzene rings is 3. The molecule has 44 heavy (non-hydrogen) atoms. The fraction of sp³-hybridized carbons (Fsp3) is 0.314. The summed E-state index contributed by atoms with van der Waals surface area (Å²) in [6.45, 7) is 2.14. The van der Waals surface area contributed by atoms with E-state index in [-0.39, 0.29) is 16.9 Å². The van der Waals surface area contributed by atoms with Crippen molar-refractivity contribution < 1.29 is 27.1 Å². The molecule has 1 saturated heterocycles. The van der Waals surface area contributed by atoms with E-state index in [1.807, 2.05) is 11.0 Å². The quantitative estimate of drug-likeness (QED) is 0.0805. The lowest BCUT2D eigenvalue weighted by molar-refractivity contribution is -0.127. The molecular weight excluding hydrogens is 570 g/mol. The molecule has 0 radical (unpaired) electrons. The van der Waals surface area contributed by atoms with Crippen molar-refractivity contribution >= 4 is 28.0 Å². The van der Waals surface area contributed by atoms with Gasteiger partial charge in [-0.05, 0) is 96.7 Å². The summed E-state index contributed by atoms with van der Waals surface area (Å²) < 4.78 is 62.1. The van der Waals surface area contributed by atoms with Crippen molar-refractivity contribution in [1.82, 2.24) is 15.1 Å². The van der Waals surface area contributed by atoms with Crippen LogP contribution in [0.3, 0.4) is 0 Å². The lowest BCUT2D eigenvalue weighted by Crippen LogP contribution is -2.34. The first-order chi connectivity index (χ1) is 21.3. The van der Waals surface area contributed by atoms with E-state index in [4.69, 9.17) is 4.74 Å². The van der Waals surface area contributed by atoms with Gasteiger partial charge in [0.05, 0.1) is 23.9 Å². The summed E-state index contributed by atoms with van der Waals surface area (Å²) in [6.07, 6.45) is 3.69. The number of carbonyl (C=O) groups excluding carboxylic acids is 1. The van der Waals surface area contributed by atoms with Crippen molar-refractivity contribution in [2.45, 2.75) is 51.1 Å². The third-order valence-electron chi connectivity index (χ3n) is 7.70. The van der Waals surface area contributed by atoms with Gasteiger partial charge in [0.15, 0.2) is 0 Å². The Hall–Kier alpha value is -4.40. The Kier molecular flexibility index (Phi) is 10.1. The Morgan fingerprint density at radius 2 is 1.64 bits per heavy atom. The first-order valence-electron chi connectivity index (χ1n) is 15.0. The molecule has 1 N–H and O–H groups in total. The lowest BCUT2D eigenvalue weighted by atomic mass is 9.87. The van der Waals surface area contributed by atoms with Crippen molar-refractivity contribution in [1.29, 1.82) is 0 Å². The summed E-state index contributed by atoms with van der Waals surface area (Å²) in [5, 5.41) is 6.40. The Balaban J connectivity index is 1.31. The first kappa shape index (κ1) is 31.0. The maximum absolute atomic E-state index is 14.4. The predicted octanol–water partition coefficient (Wildman–Crippen LogP) is 8.73. The van der Waals surface area contributed by atoms with Crippen LogP contribution in [0.5, 0.6) is 5.75 Å². The predicted molar refractivity (Wildman–Crippen MR) is 164 cm³/mol. The maximum atomic E-state index is 14.4. The van der Waals surface area contributed by atoms with Crippen molar-refractivity contribution in [2.24, 2.45) is 0 Å². The molecule has 0 unspecified atom stereocenters. The van der Waals surface area contributed by atoms with Crippen LogP contribution in [0, 0.1) is 5.95 Å². The number of nitrogens with zero attached hydrogens (tertiary/aromatic N) is 2. The Bertz CT molecular complexity index is 1600. The molecule has 5 nitrogen and oxygen atoms in total. The molecule has 230 valence electrons. The highest BCUT2D eigenvalue weighted by Gasteiger charge is 2.31. The smallest absolute Gasteiger partial charge is 0.393 e. The molecule has 4 aromatic rings. The number of aromatic amines is 1. The van der Waals surface area contributed by atoms with Gasteiger partial charge in [0, 0.05) is 13.1 Å². The van der Waals surface area contributed by atoms with Gasteiger partial charge in [-0.15, -0.1) is 0 Å². The number of likely N-dealkylation sites (tertiary alicyclic amines) is 1. The number of rotatable bonds is 11. The number of hydrogen-bond donors (Lipinski definition) is 1. The number of piperidine rings is 1. The number of alkyl halides is 3. The van der Waals surface area contributed by atoms with E-state index in [1.54, 1.807) is 72.8 Å². The number of ether oxygens (including phenoxy) is 1. The van der Waals surface area contributed by atoms with Gasteiger partial charge in [-0.3, -0.25) is 9.89 Å². The summed E-state index contributed by atoms with van der Waals surface area (Å²) in [4.78, 5) is 14.1. The summed E-state index contributed by atoms with van der Waals surface area (Å²) in [6, 6.07) is 20.2. The summed E-state index contributed by atoms with van der Waals surface area (Å²) in [5.41, 5.74) is 2.25. The first-order valence-corrected chi connectivity index (χ1v) is 15.0. The number of H-pyrrole nitrogens is 1. The molecule has 0 spiro atoms. The van der Waals surface area contributed by atoms with Gasteiger partial charge in [-0.25, -0.2) is 0 Å². The molecule has 1 aliphatic rings. The largest absolute Gasteiger partial charge is 0.494 e. The van der Waals surface area contributed by atoms with Gasteiger partial charge < -0.3 is 9.64 Å². The SMILES string of the molecule is O=C(/C=C/CCCCOc1ccc(/C(=C(/CC(F)(F)F)c2ccccc2)c2ccc3n[nH]c(F)c3c2)cc1)N1CCCCC1. The van der Waals surface area contributed by atoms with E-state index in [0.717, 1.165) is 45.2 Å². The van der Waals surface area contributed by atoms with Crippen LogP contribution < -0.4 is 4.74 Å². The van der Waals surface area contributed by atoms with Gasteiger partial charge in [0.25, 0.3) is 0 Å². The molecule has 0 atom stereocenters. The number of unbranched alkanes of at least 4 members (excludes halogenated alkanes) is 2. The van der Waals surface area contributed by atoms with Crippen LogP contribution in [0.4, 0.5) is 17.6 Å². The van der Waals surface area contributed by atoms with Crippen molar-refractivity contribution in [3.8, 4) is 5.75 Å². The third-order valence-corrected chi connectivity index (χ3v) is 7.70. The van der Waals surface area contributed by atoms with Gasteiger partial charge in [0.1, 0.15) is 5.75 Å². The molecule has 3 aromatic carbocycles. The zero-order valence-electron chi connectivity index (χ0n) is 24.4. The van der Waals surface area contributed by atoms with Crippen molar-refractivity contribution in [3.63, 3.8) is 0 Å². The lowest BCUT2D eigenvalue weighted by Gasteiger charge is -2.25. The highest BCUT2D eigenvalue weighted by atomic mass is 19.4. The second-order valence-electron chi connectivity index (χ2n) is 10.9. The standard InChI is InChI=1S/C35H35F4N3O2/c36-34-29-23-27(16-19-31(29)40-41-34)33(30(24-35(37,38)39)25-11-5-3-6-12-25)26-14-17-28(18-15-26)44-22-10-2-1-7-13-32(43)42-20-8-4-9-21-42/h3,5-7,11-19,23H,1-2,4,8-10,20-22,24H2,(H,40,41)/b13-7+,33-30+. The van der Waals surface area contributed by atoms with E-state index in [2.05, 4.69) is 10.2 Å². The Labute approximate surface area is 254 Å². The van der Waals surface area contributed by atoms with E-state index >= 15 is 0 Å². The number of fused-ring (bicyclic) bond motifs is 1. The summed E-state index contributed by atoms with van der Waals surface area (Å²) in [5.74, 6) is 0.0263. The highest BCUT2D eigenvalue weighted by molar-refractivity contribution is 6.00. The third kappa shape index (κ3) is 8.15. The minimum Gasteiger partial charge on any atom is -0.494 e. The van der Waals surface area contributed by atoms with E-state index in [1.165, 1.54) is 12.5 Å². The fourth-order valence-electron chi connectivity index (χ4n) is 5.50. The van der Waals surface area contributed by atoms with E-state index < -0.39 is 18.5 Å². The molecular formula is C35H35F4N3O2. The molecule has 5 rings (SSSR count). The minimum atomic E-state index is -4.47. The number of carbonyl (C=O) groups is 1. The number of allylic oxidation sites excluding steroid dienone is 2. The van der Waals surface area contributed by atoms with Gasteiger partial charge in [-0.1, -0.05) is 54.6 Å². The monoisotopic (exact) mass is 605 g/mol. The average molecular weight is 606 g/mol. The molecule has 1 aliphatic heterocycles. The molecule has 1 aromatic heterocycles. The topological polar surface area (TPSA) is 58.2 Å². The summed E-state index contributed by atoms with van der Waals surface area (Å²) >= 11 is 0. The van der Waals surface area contributed by atoms with Crippen LogP contribution in [0.1, 0.15) is 61.6 Å². The highest BCUT2D eigenvalue weighted by Crippen LogP contribution is 2.40. The van der Waals surface area contributed by atoms with Crippen molar-refractivity contribution in [2.75, 3.05) is 19.7 Å². The van der Waals surface area contributed by atoms with Gasteiger partial charge in [0.2, 0.25) is 11.9 Å². The molecule has 0 saturated carbocycles. The Morgan fingerprint density at radius 3 is 2.36 bits per heavy atom. The second kappa shape index (κ2) is 14.4. The van der Waals surface area contributed by atoms with Crippen molar-refractivity contribution in [3.05, 3.63) is 108 Å². The van der Waals surface area contributed by atoms with Crippen LogP contribution in [0.25, 0.3) is 22.0 Å². The maximum Gasteiger partial charge on any atom is 0.393 e. The fourth-order valence-corrected chi connectivity index (χ4v) is 5.50.